The smallest absolute Gasteiger partial charge is 0.162 e. The Kier molecular flexibility index (Phi) is 3.37. The number of phenols is 2. The van der Waals surface area contributed by atoms with E-state index < -0.39 is 0 Å². The molecule has 0 bridgehead atoms. The average molecular weight is 247 g/mol. The third kappa shape index (κ3) is 2.53. The van der Waals surface area contributed by atoms with Crippen LogP contribution in [0.2, 0.25) is 0 Å². The first-order valence-corrected chi connectivity index (χ1v) is 5.58. The summed E-state index contributed by atoms with van der Waals surface area (Å²) in [6, 6.07) is 9.45. The summed E-state index contributed by atoms with van der Waals surface area (Å²) in [5, 5.41) is 21.9. The first-order valence-electron chi connectivity index (χ1n) is 5.58. The van der Waals surface area contributed by atoms with E-state index in [1.165, 1.54) is 12.1 Å². The highest BCUT2D eigenvalue weighted by Crippen LogP contribution is 2.29. The fourth-order valence-electron chi connectivity index (χ4n) is 1.69. The van der Waals surface area contributed by atoms with Crippen molar-refractivity contribution in [3.8, 4) is 11.5 Å². The quantitative estimate of drug-likeness (QED) is 0.730. The lowest BCUT2D eigenvalue weighted by Crippen LogP contribution is -2.02. The second-order valence-electron chi connectivity index (χ2n) is 4.12. The molecule has 0 aliphatic heterocycles. The number of aryl methyl sites for hydroxylation is 1. The van der Waals surface area contributed by atoms with Gasteiger partial charge in [0, 0.05) is 12.1 Å². The van der Waals surface area contributed by atoms with Gasteiger partial charge >= 0.3 is 0 Å². The summed E-state index contributed by atoms with van der Waals surface area (Å²) < 4.78 is 13.5. The maximum Gasteiger partial charge on any atom is 0.162 e. The first-order chi connectivity index (χ1) is 8.58. The third-order valence-electron chi connectivity index (χ3n) is 2.69. The highest BCUT2D eigenvalue weighted by atomic mass is 19.1. The summed E-state index contributed by atoms with van der Waals surface area (Å²) in [6.07, 6.45) is 0. The van der Waals surface area contributed by atoms with Crippen molar-refractivity contribution in [3.63, 3.8) is 0 Å². The van der Waals surface area contributed by atoms with Gasteiger partial charge in [0.05, 0.1) is 5.69 Å². The average Bonchev–Trinajstić information content (AvgIpc) is 2.35. The molecule has 3 N–H and O–H groups in total. The topological polar surface area (TPSA) is 52.5 Å². The van der Waals surface area contributed by atoms with Crippen LogP contribution in [-0.4, -0.2) is 10.2 Å². The Labute approximate surface area is 105 Å². The second kappa shape index (κ2) is 4.96. The van der Waals surface area contributed by atoms with Gasteiger partial charge in [-0.3, -0.25) is 0 Å². The number of nitrogens with one attached hydrogen (secondary N) is 1. The SMILES string of the molecule is Cc1ccc(F)c(NCc2cccc(O)c2O)c1. The van der Waals surface area contributed by atoms with Gasteiger partial charge in [-0.2, -0.15) is 0 Å². The summed E-state index contributed by atoms with van der Waals surface area (Å²) >= 11 is 0. The van der Waals surface area contributed by atoms with Gasteiger partial charge < -0.3 is 15.5 Å². The Morgan fingerprint density at radius 2 is 1.94 bits per heavy atom. The maximum atomic E-state index is 13.5. The molecular weight excluding hydrogens is 233 g/mol. The molecule has 0 saturated heterocycles. The second-order valence-corrected chi connectivity index (χ2v) is 4.12. The molecule has 2 rings (SSSR count). The number of halogens is 1. The summed E-state index contributed by atoms with van der Waals surface area (Å²) in [5.41, 5.74) is 1.83. The van der Waals surface area contributed by atoms with Gasteiger partial charge in [0.15, 0.2) is 11.5 Å². The zero-order chi connectivity index (χ0) is 13.1. The predicted molar refractivity (Wildman–Crippen MR) is 68.2 cm³/mol. The minimum Gasteiger partial charge on any atom is -0.504 e. The van der Waals surface area contributed by atoms with Crippen molar-refractivity contribution in [1.29, 1.82) is 0 Å². The molecule has 0 unspecified atom stereocenters. The van der Waals surface area contributed by atoms with Crippen molar-refractivity contribution in [2.45, 2.75) is 13.5 Å². The predicted octanol–water partition coefficient (Wildman–Crippen LogP) is 3.16. The summed E-state index contributed by atoms with van der Waals surface area (Å²) in [5.74, 6) is -0.711. The molecule has 0 aliphatic rings. The minimum atomic E-state index is -0.347. The number of hydrogen-bond donors (Lipinski definition) is 3. The Morgan fingerprint density at radius 1 is 1.17 bits per heavy atom. The molecule has 0 fully saturated rings. The van der Waals surface area contributed by atoms with E-state index in [0.717, 1.165) is 5.56 Å². The van der Waals surface area contributed by atoms with Gasteiger partial charge in [0.25, 0.3) is 0 Å². The Hall–Kier alpha value is -2.23. The highest BCUT2D eigenvalue weighted by Gasteiger charge is 2.07. The van der Waals surface area contributed by atoms with Crippen molar-refractivity contribution < 1.29 is 14.6 Å². The summed E-state index contributed by atoms with van der Waals surface area (Å²) in [4.78, 5) is 0. The van der Waals surface area contributed by atoms with Crippen LogP contribution in [0.5, 0.6) is 11.5 Å². The van der Waals surface area contributed by atoms with Crippen LogP contribution in [0.3, 0.4) is 0 Å². The Balaban J connectivity index is 2.16. The van der Waals surface area contributed by atoms with Crippen molar-refractivity contribution in [3.05, 3.63) is 53.3 Å². The van der Waals surface area contributed by atoms with Crippen LogP contribution in [0, 0.1) is 12.7 Å². The molecular formula is C14H14FNO2. The molecule has 0 heterocycles. The Bertz CT molecular complexity index is 568. The molecule has 0 atom stereocenters. The van der Waals surface area contributed by atoms with Crippen LogP contribution in [0.15, 0.2) is 36.4 Å². The molecule has 0 saturated carbocycles. The van der Waals surface area contributed by atoms with Crippen LogP contribution in [-0.2, 0) is 6.54 Å². The van der Waals surface area contributed by atoms with Gasteiger partial charge in [-0.05, 0) is 30.7 Å². The molecule has 0 aliphatic carbocycles. The molecule has 3 nitrogen and oxygen atoms in total. The van der Waals surface area contributed by atoms with E-state index in [1.807, 2.05) is 6.92 Å². The van der Waals surface area contributed by atoms with Gasteiger partial charge in [0.2, 0.25) is 0 Å². The van der Waals surface area contributed by atoms with Crippen molar-refractivity contribution in [2.75, 3.05) is 5.32 Å². The lowest BCUT2D eigenvalue weighted by molar-refractivity contribution is 0.400. The van der Waals surface area contributed by atoms with Crippen molar-refractivity contribution in [1.82, 2.24) is 0 Å². The van der Waals surface area contributed by atoms with Crippen molar-refractivity contribution in [2.24, 2.45) is 0 Å². The number of para-hydroxylation sites is 1. The molecule has 0 amide bonds. The summed E-state index contributed by atoms with van der Waals surface area (Å²) in [6.45, 7) is 2.11. The van der Waals surface area contributed by atoms with Gasteiger partial charge in [-0.15, -0.1) is 0 Å². The van der Waals surface area contributed by atoms with E-state index in [1.54, 1.807) is 24.3 Å². The normalized spacial score (nSPS) is 10.3. The van der Waals surface area contributed by atoms with Gasteiger partial charge in [-0.25, -0.2) is 4.39 Å². The number of aromatic hydroxyl groups is 2. The molecule has 94 valence electrons. The van der Waals surface area contributed by atoms with Crippen LogP contribution in [0.25, 0.3) is 0 Å². The lowest BCUT2D eigenvalue weighted by Gasteiger charge is -2.10. The van der Waals surface area contributed by atoms with Crippen LogP contribution < -0.4 is 5.32 Å². The maximum absolute atomic E-state index is 13.5. The first kappa shape index (κ1) is 12.2. The fraction of sp³-hybridized carbons (Fsp3) is 0.143. The number of hydrogen-bond acceptors (Lipinski definition) is 3. The third-order valence-corrected chi connectivity index (χ3v) is 2.69. The van der Waals surface area contributed by atoms with Crippen LogP contribution >= 0.6 is 0 Å². The zero-order valence-corrected chi connectivity index (χ0v) is 9.94. The standard InChI is InChI=1S/C14H14FNO2/c1-9-5-6-11(15)12(7-9)16-8-10-3-2-4-13(17)14(10)18/h2-7,16-18H,8H2,1H3. The van der Waals surface area contributed by atoms with E-state index in [4.69, 9.17) is 0 Å². The van der Waals surface area contributed by atoms with Gasteiger partial charge in [0.1, 0.15) is 5.82 Å². The highest BCUT2D eigenvalue weighted by molar-refractivity contribution is 5.50. The molecule has 2 aromatic rings. The van der Waals surface area contributed by atoms with E-state index in [-0.39, 0.29) is 23.9 Å². The number of benzene rings is 2. The minimum absolute atomic E-state index is 0.181. The van der Waals surface area contributed by atoms with Crippen LogP contribution in [0.4, 0.5) is 10.1 Å². The molecule has 4 heteroatoms. The molecule has 2 aromatic carbocycles. The molecule has 0 radical (unpaired) electrons. The monoisotopic (exact) mass is 247 g/mol. The number of anilines is 1. The fourth-order valence-corrected chi connectivity index (χ4v) is 1.69. The summed E-state index contributed by atoms with van der Waals surface area (Å²) in [7, 11) is 0. The number of rotatable bonds is 3. The van der Waals surface area contributed by atoms with E-state index >= 15 is 0 Å². The molecule has 18 heavy (non-hydrogen) atoms. The van der Waals surface area contributed by atoms with E-state index in [0.29, 0.717) is 11.3 Å². The molecule has 0 aromatic heterocycles. The van der Waals surface area contributed by atoms with Gasteiger partial charge in [-0.1, -0.05) is 18.2 Å². The Morgan fingerprint density at radius 3 is 2.72 bits per heavy atom. The number of phenolic OH excluding ortho intramolecular Hbond substituents is 2. The van der Waals surface area contributed by atoms with Crippen LogP contribution in [0.1, 0.15) is 11.1 Å². The van der Waals surface area contributed by atoms with E-state index in [2.05, 4.69) is 5.32 Å². The lowest BCUT2D eigenvalue weighted by atomic mass is 10.1. The van der Waals surface area contributed by atoms with Crippen molar-refractivity contribution >= 4 is 5.69 Å². The van der Waals surface area contributed by atoms with E-state index in [9.17, 15) is 14.6 Å². The molecule has 0 spiro atoms. The largest absolute Gasteiger partial charge is 0.504 e. The zero-order valence-electron chi connectivity index (χ0n) is 9.94.